The Bertz CT molecular complexity index is 162. The van der Waals surface area contributed by atoms with E-state index in [1.807, 2.05) is 14.0 Å². The Kier molecular flexibility index (Phi) is 7.80. The van der Waals surface area contributed by atoms with Crippen molar-refractivity contribution in [3.8, 4) is 0 Å². The third kappa shape index (κ3) is 6.16. The first-order valence-electron chi connectivity index (χ1n) is 5.18. The second-order valence-corrected chi connectivity index (χ2v) is 3.87. The lowest BCUT2D eigenvalue weighted by molar-refractivity contribution is 0.145. The summed E-state index contributed by atoms with van der Waals surface area (Å²) in [6.45, 7) is 8.72. The molecular weight excluding hydrogens is 196 g/mol. The maximum absolute atomic E-state index is 5.23. The fraction of sp³-hybridized carbons (Fsp3) is 0.900. The Morgan fingerprint density at radius 3 is 2.64 bits per heavy atom. The normalized spacial score (nSPS) is 10.4. The van der Waals surface area contributed by atoms with E-state index < -0.39 is 0 Å². The van der Waals surface area contributed by atoms with E-state index in [0.717, 1.165) is 31.3 Å². The highest BCUT2D eigenvalue weighted by atomic mass is 32.1. The number of nitrogens with zero attached hydrogens (tertiary/aromatic N) is 1. The van der Waals surface area contributed by atoms with E-state index in [4.69, 9.17) is 17.0 Å². The standard InChI is InChI=1S/C10H22N2OS/c1-5-13-8-6-7-11-10(14)12(4)9(2)3/h9H,5-8H2,1-4H3,(H,11,14). The van der Waals surface area contributed by atoms with E-state index in [1.54, 1.807) is 0 Å². The highest BCUT2D eigenvalue weighted by Gasteiger charge is 2.05. The lowest BCUT2D eigenvalue weighted by Gasteiger charge is -2.24. The van der Waals surface area contributed by atoms with E-state index in [0.29, 0.717) is 6.04 Å². The molecule has 0 aromatic heterocycles. The molecule has 3 nitrogen and oxygen atoms in total. The molecule has 0 bridgehead atoms. The monoisotopic (exact) mass is 218 g/mol. The van der Waals surface area contributed by atoms with E-state index in [9.17, 15) is 0 Å². The second kappa shape index (κ2) is 8.00. The molecule has 4 heteroatoms. The predicted molar refractivity (Wildman–Crippen MR) is 64.6 cm³/mol. The summed E-state index contributed by atoms with van der Waals surface area (Å²) in [6, 6.07) is 0.446. The summed E-state index contributed by atoms with van der Waals surface area (Å²) in [7, 11) is 2.00. The van der Waals surface area contributed by atoms with E-state index in [1.165, 1.54) is 0 Å². The number of ether oxygens (including phenoxy) is 1. The molecule has 0 aliphatic heterocycles. The molecular formula is C10H22N2OS. The first-order valence-corrected chi connectivity index (χ1v) is 5.58. The molecule has 0 atom stereocenters. The molecule has 14 heavy (non-hydrogen) atoms. The number of thiocarbonyl (C=S) groups is 1. The van der Waals surface area contributed by atoms with Crippen molar-refractivity contribution in [1.82, 2.24) is 10.2 Å². The molecule has 0 aromatic rings. The number of hydrogen-bond acceptors (Lipinski definition) is 2. The summed E-state index contributed by atoms with van der Waals surface area (Å²) < 4.78 is 5.23. The first kappa shape index (κ1) is 13.7. The van der Waals surface area contributed by atoms with Crippen LogP contribution in [0.25, 0.3) is 0 Å². The van der Waals surface area contributed by atoms with Gasteiger partial charge in [0.05, 0.1) is 0 Å². The molecule has 1 N–H and O–H groups in total. The minimum absolute atomic E-state index is 0.446. The van der Waals surface area contributed by atoms with Crippen molar-refractivity contribution in [2.45, 2.75) is 33.2 Å². The summed E-state index contributed by atoms with van der Waals surface area (Å²) in [4.78, 5) is 2.05. The van der Waals surface area contributed by atoms with Crippen LogP contribution in [-0.2, 0) is 4.74 Å². The summed E-state index contributed by atoms with van der Waals surface area (Å²) in [5, 5.41) is 4.02. The van der Waals surface area contributed by atoms with Crippen LogP contribution in [0.2, 0.25) is 0 Å². The van der Waals surface area contributed by atoms with Gasteiger partial charge in [0.1, 0.15) is 0 Å². The van der Waals surface area contributed by atoms with Gasteiger partial charge in [0.2, 0.25) is 0 Å². The van der Waals surface area contributed by atoms with Gasteiger partial charge in [0, 0.05) is 32.8 Å². The predicted octanol–water partition coefficient (Wildman–Crippen LogP) is 1.63. The molecule has 0 saturated heterocycles. The highest BCUT2D eigenvalue weighted by Crippen LogP contribution is 1.94. The van der Waals surface area contributed by atoms with Crippen LogP contribution in [0.15, 0.2) is 0 Å². The summed E-state index contributed by atoms with van der Waals surface area (Å²) in [6.07, 6.45) is 1.000. The maximum atomic E-state index is 5.23. The smallest absolute Gasteiger partial charge is 0.168 e. The third-order valence-electron chi connectivity index (χ3n) is 2.04. The molecule has 0 heterocycles. The largest absolute Gasteiger partial charge is 0.382 e. The average molecular weight is 218 g/mol. The van der Waals surface area contributed by atoms with Gasteiger partial charge < -0.3 is 15.0 Å². The molecule has 0 unspecified atom stereocenters. The minimum Gasteiger partial charge on any atom is -0.382 e. The zero-order valence-corrected chi connectivity index (χ0v) is 10.5. The summed E-state index contributed by atoms with van der Waals surface area (Å²) >= 11 is 5.20. The van der Waals surface area contributed by atoms with Crippen LogP contribution in [0, 0.1) is 0 Å². The van der Waals surface area contributed by atoms with Crippen molar-refractivity contribution in [2.24, 2.45) is 0 Å². The zero-order valence-electron chi connectivity index (χ0n) is 9.67. The van der Waals surface area contributed by atoms with Gasteiger partial charge in [-0.2, -0.15) is 0 Å². The van der Waals surface area contributed by atoms with Crippen LogP contribution in [0.4, 0.5) is 0 Å². The highest BCUT2D eigenvalue weighted by molar-refractivity contribution is 7.80. The van der Waals surface area contributed by atoms with Crippen molar-refractivity contribution < 1.29 is 4.74 Å². The summed E-state index contributed by atoms with van der Waals surface area (Å²) in [5.74, 6) is 0. The van der Waals surface area contributed by atoms with Gasteiger partial charge in [0.15, 0.2) is 5.11 Å². The number of nitrogens with one attached hydrogen (secondary N) is 1. The van der Waals surface area contributed by atoms with Crippen molar-refractivity contribution in [2.75, 3.05) is 26.8 Å². The molecule has 0 radical (unpaired) electrons. The van der Waals surface area contributed by atoms with Gasteiger partial charge in [-0.05, 0) is 39.4 Å². The van der Waals surface area contributed by atoms with Crippen LogP contribution in [-0.4, -0.2) is 42.9 Å². The third-order valence-corrected chi connectivity index (χ3v) is 2.47. The molecule has 84 valence electrons. The van der Waals surface area contributed by atoms with Gasteiger partial charge in [-0.25, -0.2) is 0 Å². The average Bonchev–Trinajstić information content (AvgIpc) is 2.16. The van der Waals surface area contributed by atoms with E-state index in [2.05, 4.69) is 24.1 Å². The lowest BCUT2D eigenvalue weighted by Crippen LogP contribution is -2.41. The number of hydrogen-bond donors (Lipinski definition) is 1. The fourth-order valence-electron chi connectivity index (χ4n) is 0.873. The molecule has 0 amide bonds. The Balaban J connectivity index is 3.44. The van der Waals surface area contributed by atoms with Crippen LogP contribution in [0.1, 0.15) is 27.2 Å². The molecule has 0 rings (SSSR count). The first-order chi connectivity index (χ1) is 6.59. The topological polar surface area (TPSA) is 24.5 Å². The van der Waals surface area contributed by atoms with Crippen molar-refractivity contribution in [1.29, 1.82) is 0 Å². The summed E-state index contributed by atoms with van der Waals surface area (Å²) in [5.41, 5.74) is 0. The van der Waals surface area contributed by atoms with Gasteiger partial charge in [-0.15, -0.1) is 0 Å². The molecule has 0 fully saturated rings. The quantitative estimate of drug-likeness (QED) is 0.541. The second-order valence-electron chi connectivity index (χ2n) is 3.49. The fourth-order valence-corrected chi connectivity index (χ4v) is 1.19. The zero-order chi connectivity index (χ0) is 11.0. The Hall–Kier alpha value is -0.350. The van der Waals surface area contributed by atoms with Crippen LogP contribution < -0.4 is 5.32 Å². The van der Waals surface area contributed by atoms with Crippen LogP contribution in [0.3, 0.4) is 0 Å². The van der Waals surface area contributed by atoms with Gasteiger partial charge in [-0.3, -0.25) is 0 Å². The van der Waals surface area contributed by atoms with Crippen molar-refractivity contribution in [3.63, 3.8) is 0 Å². The Morgan fingerprint density at radius 2 is 2.14 bits per heavy atom. The molecule has 0 aromatic carbocycles. The Morgan fingerprint density at radius 1 is 1.50 bits per heavy atom. The molecule has 0 aliphatic rings. The molecule has 0 spiro atoms. The van der Waals surface area contributed by atoms with Crippen molar-refractivity contribution >= 4 is 17.3 Å². The van der Waals surface area contributed by atoms with E-state index in [-0.39, 0.29) is 0 Å². The van der Waals surface area contributed by atoms with Crippen LogP contribution in [0.5, 0.6) is 0 Å². The van der Waals surface area contributed by atoms with E-state index >= 15 is 0 Å². The Labute approximate surface area is 92.8 Å². The SMILES string of the molecule is CCOCCCNC(=S)N(C)C(C)C. The molecule has 0 saturated carbocycles. The van der Waals surface area contributed by atoms with Crippen molar-refractivity contribution in [3.05, 3.63) is 0 Å². The minimum atomic E-state index is 0.446. The maximum Gasteiger partial charge on any atom is 0.168 e. The van der Waals surface area contributed by atoms with Gasteiger partial charge >= 0.3 is 0 Å². The van der Waals surface area contributed by atoms with Crippen LogP contribution >= 0.6 is 12.2 Å². The lowest BCUT2D eigenvalue weighted by atomic mass is 10.4. The van der Waals surface area contributed by atoms with Gasteiger partial charge in [-0.1, -0.05) is 0 Å². The number of rotatable bonds is 6. The molecule has 0 aliphatic carbocycles. The van der Waals surface area contributed by atoms with Gasteiger partial charge in [0.25, 0.3) is 0 Å².